The Morgan fingerprint density at radius 1 is 1.25 bits per heavy atom. The second kappa shape index (κ2) is 8.33. The van der Waals surface area contributed by atoms with E-state index in [-0.39, 0.29) is 23.2 Å². The molecule has 0 aromatic carbocycles. The maximum absolute atomic E-state index is 12.9. The molecule has 3 N–H and O–H groups in total. The molecule has 11 heteroatoms. The Hall–Kier alpha value is -3.89. The number of likely N-dealkylation sites (N-methyl/N-ethyl adjacent to an activating group) is 1. The van der Waals surface area contributed by atoms with Crippen LogP contribution in [0.15, 0.2) is 35.4 Å². The van der Waals surface area contributed by atoms with Crippen LogP contribution in [0.1, 0.15) is 36.8 Å². The SMILES string of the molecule is CNc1cc(Nc2cccn(C(C)C)c2=O)nn2c(C(=O)N[C@@H]3CCN(C)C3=O)cnc12. The van der Waals surface area contributed by atoms with E-state index in [2.05, 4.69) is 26.0 Å². The minimum atomic E-state index is -0.568. The molecule has 2 amide bonds. The smallest absolute Gasteiger partial charge is 0.274 e. The Balaban J connectivity index is 1.69. The quantitative estimate of drug-likeness (QED) is 0.528. The van der Waals surface area contributed by atoms with Gasteiger partial charge < -0.3 is 25.4 Å². The van der Waals surface area contributed by atoms with Gasteiger partial charge in [-0.2, -0.15) is 0 Å². The number of imidazole rings is 1. The number of hydrogen-bond acceptors (Lipinski definition) is 7. The van der Waals surface area contributed by atoms with Crippen LogP contribution < -0.4 is 21.5 Å². The van der Waals surface area contributed by atoms with Crippen molar-refractivity contribution in [3.05, 3.63) is 46.6 Å². The molecular weight excluding hydrogens is 412 g/mol. The molecule has 0 spiro atoms. The predicted molar refractivity (Wildman–Crippen MR) is 120 cm³/mol. The lowest BCUT2D eigenvalue weighted by atomic mass is 10.2. The summed E-state index contributed by atoms with van der Waals surface area (Å²) in [6.07, 6.45) is 3.70. The van der Waals surface area contributed by atoms with Gasteiger partial charge in [0.15, 0.2) is 17.2 Å². The van der Waals surface area contributed by atoms with Crippen LogP contribution in [-0.4, -0.2) is 62.6 Å². The third-order valence-corrected chi connectivity index (χ3v) is 5.50. The molecule has 1 saturated heterocycles. The number of carbonyl (C=O) groups is 2. The molecule has 1 aliphatic rings. The first-order valence-corrected chi connectivity index (χ1v) is 10.4. The summed E-state index contributed by atoms with van der Waals surface area (Å²) in [6, 6.07) is 4.62. The van der Waals surface area contributed by atoms with Crippen LogP contribution in [-0.2, 0) is 4.79 Å². The largest absolute Gasteiger partial charge is 0.385 e. The lowest BCUT2D eigenvalue weighted by Gasteiger charge is -2.14. The first-order chi connectivity index (χ1) is 15.3. The highest BCUT2D eigenvalue weighted by molar-refractivity contribution is 5.97. The molecule has 4 rings (SSSR count). The number of amides is 2. The van der Waals surface area contributed by atoms with Gasteiger partial charge in [-0.25, -0.2) is 9.50 Å². The average Bonchev–Trinajstić information content (AvgIpc) is 3.33. The Bertz CT molecular complexity index is 1250. The third kappa shape index (κ3) is 3.77. The zero-order valence-electron chi connectivity index (χ0n) is 18.4. The number of nitrogens with zero attached hydrogens (tertiary/aromatic N) is 5. The van der Waals surface area contributed by atoms with Crippen molar-refractivity contribution in [3.63, 3.8) is 0 Å². The van der Waals surface area contributed by atoms with Crippen LogP contribution in [0.25, 0.3) is 5.65 Å². The van der Waals surface area contributed by atoms with Crippen molar-refractivity contribution in [1.82, 2.24) is 29.4 Å². The van der Waals surface area contributed by atoms with Gasteiger partial charge in [0.1, 0.15) is 11.7 Å². The molecule has 0 unspecified atom stereocenters. The van der Waals surface area contributed by atoms with E-state index >= 15 is 0 Å². The van der Waals surface area contributed by atoms with Crippen molar-refractivity contribution in [3.8, 4) is 0 Å². The highest BCUT2D eigenvalue weighted by Crippen LogP contribution is 2.22. The summed E-state index contributed by atoms with van der Waals surface area (Å²) in [7, 11) is 3.44. The molecule has 3 aromatic heterocycles. The zero-order valence-corrected chi connectivity index (χ0v) is 18.4. The lowest BCUT2D eigenvalue weighted by Crippen LogP contribution is -2.41. The van der Waals surface area contributed by atoms with Gasteiger partial charge in [0.2, 0.25) is 5.91 Å². The van der Waals surface area contributed by atoms with E-state index in [1.807, 2.05) is 13.8 Å². The highest BCUT2D eigenvalue weighted by atomic mass is 16.2. The molecule has 0 radical (unpaired) electrons. The summed E-state index contributed by atoms with van der Waals surface area (Å²) < 4.78 is 3.02. The number of aromatic nitrogens is 4. The van der Waals surface area contributed by atoms with Crippen LogP contribution in [0.5, 0.6) is 0 Å². The van der Waals surface area contributed by atoms with Gasteiger partial charge in [0, 0.05) is 38.9 Å². The van der Waals surface area contributed by atoms with E-state index < -0.39 is 11.9 Å². The summed E-state index contributed by atoms with van der Waals surface area (Å²) in [5.74, 6) is -0.201. The van der Waals surface area contributed by atoms with Crippen molar-refractivity contribution in [2.45, 2.75) is 32.4 Å². The zero-order chi connectivity index (χ0) is 23.0. The highest BCUT2D eigenvalue weighted by Gasteiger charge is 2.31. The van der Waals surface area contributed by atoms with E-state index in [1.165, 1.54) is 10.7 Å². The molecule has 168 valence electrons. The summed E-state index contributed by atoms with van der Waals surface area (Å²) in [5.41, 5.74) is 1.45. The Kier molecular flexibility index (Phi) is 5.56. The number of fused-ring (bicyclic) bond motifs is 1. The number of hydrogen-bond donors (Lipinski definition) is 3. The first-order valence-electron chi connectivity index (χ1n) is 10.4. The van der Waals surface area contributed by atoms with Crippen molar-refractivity contribution in [2.75, 3.05) is 31.3 Å². The molecule has 0 saturated carbocycles. The maximum atomic E-state index is 12.9. The lowest BCUT2D eigenvalue weighted by molar-refractivity contribution is -0.128. The topological polar surface area (TPSA) is 126 Å². The molecule has 1 aliphatic heterocycles. The minimum Gasteiger partial charge on any atom is -0.385 e. The van der Waals surface area contributed by atoms with Crippen molar-refractivity contribution in [2.24, 2.45) is 0 Å². The fraction of sp³-hybridized carbons (Fsp3) is 0.381. The third-order valence-electron chi connectivity index (χ3n) is 5.50. The molecule has 1 atom stereocenters. The number of nitrogens with one attached hydrogen (secondary N) is 3. The normalized spacial score (nSPS) is 16.1. The van der Waals surface area contributed by atoms with E-state index in [1.54, 1.807) is 48.0 Å². The van der Waals surface area contributed by atoms with Gasteiger partial charge >= 0.3 is 0 Å². The second-order valence-electron chi connectivity index (χ2n) is 8.00. The maximum Gasteiger partial charge on any atom is 0.274 e. The Morgan fingerprint density at radius 3 is 2.69 bits per heavy atom. The first kappa shape index (κ1) is 21.3. The van der Waals surface area contributed by atoms with Gasteiger partial charge in [0.05, 0.1) is 11.9 Å². The van der Waals surface area contributed by atoms with Gasteiger partial charge in [-0.15, -0.1) is 5.10 Å². The van der Waals surface area contributed by atoms with E-state index in [0.29, 0.717) is 35.8 Å². The Labute approximate surface area is 184 Å². The fourth-order valence-corrected chi connectivity index (χ4v) is 3.71. The van der Waals surface area contributed by atoms with Crippen LogP contribution in [0.2, 0.25) is 0 Å². The molecule has 1 fully saturated rings. The van der Waals surface area contributed by atoms with E-state index in [9.17, 15) is 14.4 Å². The van der Waals surface area contributed by atoms with Crippen LogP contribution in [0.4, 0.5) is 17.2 Å². The van der Waals surface area contributed by atoms with Gasteiger partial charge in [-0.05, 0) is 32.4 Å². The molecule has 0 bridgehead atoms. The van der Waals surface area contributed by atoms with Crippen molar-refractivity contribution >= 4 is 34.7 Å². The van der Waals surface area contributed by atoms with Crippen LogP contribution >= 0.6 is 0 Å². The molecule has 11 nitrogen and oxygen atoms in total. The van der Waals surface area contributed by atoms with Gasteiger partial charge in [-0.3, -0.25) is 14.4 Å². The number of carbonyl (C=O) groups excluding carboxylic acids is 2. The van der Waals surface area contributed by atoms with Gasteiger partial charge in [0.25, 0.3) is 11.5 Å². The number of pyridine rings is 1. The van der Waals surface area contributed by atoms with Gasteiger partial charge in [-0.1, -0.05) is 0 Å². The molecule has 4 heterocycles. The molecule has 0 aliphatic carbocycles. The molecule has 32 heavy (non-hydrogen) atoms. The van der Waals surface area contributed by atoms with Crippen LogP contribution in [0.3, 0.4) is 0 Å². The van der Waals surface area contributed by atoms with Crippen molar-refractivity contribution in [1.29, 1.82) is 0 Å². The van der Waals surface area contributed by atoms with Crippen LogP contribution in [0, 0.1) is 0 Å². The molecular formula is C21H26N8O3. The van der Waals surface area contributed by atoms with E-state index in [0.717, 1.165) is 0 Å². The Morgan fingerprint density at radius 2 is 2.03 bits per heavy atom. The summed E-state index contributed by atoms with van der Waals surface area (Å²) in [5, 5.41) is 13.3. The average molecular weight is 438 g/mol. The van der Waals surface area contributed by atoms with E-state index in [4.69, 9.17) is 0 Å². The standard InChI is InChI=1S/C21H26N8O3/c1-12(2)28-8-5-6-13(21(28)32)24-17-10-15(22-3)18-23-11-16(29(18)26-17)19(30)25-14-7-9-27(4)20(14)31/h5-6,8,10-12,14,22H,7,9H2,1-4H3,(H,24,26)(H,25,30)/t14-/m1/s1. The second-order valence-corrected chi connectivity index (χ2v) is 8.00. The number of anilines is 3. The van der Waals surface area contributed by atoms with Crippen molar-refractivity contribution < 1.29 is 9.59 Å². The molecule has 3 aromatic rings. The monoisotopic (exact) mass is 438 g/mol. The number of likely N-dealkylation sites (tertiary alicyclic amines) is 1. The fourth-order valence-electron chi connectivity index (χ4n) is 3.71. The predicted octanol–water partition coefficient (Wildman–Crippen LogP) is 1.22. The minimum absolute atomic E-state index is 0.00819. The summed E-state index contributed by atoms with van der Waals surface area (Å²) in [4.78, 5) is 43.7. The summed E-state index contributed by atoms with van der Waals surface area (Å²) in [6.45, 7) is 4.45. The summed E-state index contributed by atoms with van der Waals surface area (Å²) >= 11 is 0. The number of rotatable bonds is 6.